The summed E-state index contributed by atoms with van der Waals surface area (Å²) in [5.41, 5.74) is 0.163. The molecule has 0 fully saturated rings. The van der Waals surface area contributed by atoms with E-state index in [0.717, 1.165) is 23.9 Å². The summed E-state index contributed by atoms with van der Waals surface area (Å²) in [7, 11) is 0. The Balaban J connectivity index is 1.88. The maximum atomic E-state index is 12.4. The Kier molecular flexibility index (Phi) is 6.33. The first kappa shape index (κ1) is 18.4. The maximum absolute atomic E-state index is 12.4. The maximum Gasteiger partial charge on any atom is 0.433 e. The summed E-state index contributed by atoms with van der Waals surface area (Å²) in [6.45, 7) is 0.414. The largest absolute Gasteiger partial charge is 0.433 e. The van der Waals surface area contributed by atoms with Crippen molar-refractivity contribution < 1.29 is 23.1 Å². The monoisotopic (exact) mass is 358 g/mol. The number of nitrogens with zero attached hydrogens (tertiary/aromatic N) is 1. The molecule has 0 radical (unpaired) electrons. The third-order valence-electron chi connectivity index (χ3n) is 3.59. The molecule has 1 atom stereocenters. The van der Waals surface area contributed by atoms with Crippen molar-refractivity contribution in [3.05, 3.63) is 52.0 Å². The van der Waals surface area contributed by atoms with Gasteiger partial charge in [0, 0.05) is 19.3 Å². The highest BCUT2D eigenvalue weighted by molar-refractivity contribution is 7.07. The van der Waals surface area contributed by atoms with E-state index < -0.39 is 17.8 Å². The fourth-order valence-corrected chi connectivity index (χ4v) is 3.04. The molecule has 130 valence electrons. The third kappa shape index (κ3) is 5.04. The number of rotatable bonds is 7. The number of hydrogen-bond donors (Lipinski definition) is 2. The second-order valence-electron chi connectivity index (χ2n) is 5.24. The van der Waals surface area contributed by atoms with Crippen molar-refractivity contribution in [2.75, 3.05) is 13.2 Å². The number of thiophene rings is 1. The number of alkyl halides is 3. The Morgan fingerprint density at radius 2 is 2.08 bits per heavy atom. The van der Waals surface area contributed by atoms with Crippen LogP contribution in [0, 0.1) is 0 Å². The van der Waals surface area contributed by atoms with Crippen LogP contribution in [0.2, 0.25) is 0 Å². The summed E-state index contributed by atoms with van der Waals surface area (Å²) in [5.74, 6) is -0.337. The van der Waals surface area contributed by atoms with Gasteiger partial charge in [-0.3, -0.25) is 9.78 Å². The molecule has 0 aliphatic rings. The van der Waals surface area contributed by atoms with Gasteiger partial charge in [-0.05, 0) is 53.3 Å². The van der Waals surface area contributed by atoms with Gasteiger partial charge in [0.15, 0.2) is 0 Å². The van der Waals surface area contributed by atoms with Crippen LogP contribution in [0.4, 0.5) is 13.2 Å². The molecule has 0 bridgehead atoms. The molecule has 0 aliphatic heterocycles. The average molecular weight is 358 g/mol. The molecule has 2 aromatic heterocycles. The lowest BCUT2D eigenvalue weighted by molar-refractivity contribution is -0.141. The van der Waals surface area contributed by atoms with Gasteiger partial charge in [-0.2, -0.15) is 24.5 Å². The van der Waals surface area contributed by atoms with Gasteiger partial charge in [0.2, 0.25) is 0 Å². The predicted molar refractivity (Wildman–Crippen MR) is 85.0 cm³/mol. The van der Waals surface area contributed by atoms with Gasteiger partial charge in [-0.1, -0.05) is 0 Å². The van der Waals surface area contributed by atoms with E-state index in [1.807, 2.05) is 16.8 Å². The van der Waals surface area contributed by atoms with E-state index in [9.17, 15) is 18.0 Å². The fourth-order valence-electron chi connectivity index (χ4n) is 2.30. The number of aliphatic hydroxyl groups is 1. The first-order chi connectivity index (χ1) is 11.4. The Morgan fingerprint density at radius 1 is 1.29 bits per heavy atom. The zero-order valence-corrected chi connectivity index (χ0v) is 13.5. The summed E-state index contributed by atoms with van der Waals surface area (Å²) in [6.07, 6.45) is -2.37. The normalized spacial score (nSPS) is 12.8. The molecular formula is C16H17F3N2O2S. The molecule has 2 aromatic rings. The van der Waals surface area contributed by atoms with Gasteiger partial charge in [0.1, 0.15) is 5.69 Å². The summed E-state index contributed by atoms with van der Waals surface area (Å²) in [5, 5.41) is 15.8. The zero-order chi connectivity index (χ0) is 17.6. The minimum absolute atomic E-state index is 0.0529. The van der Waals surface area contributed by atoms with Gasteiger partial charge < -0.3 is 10.4 Å². The predicted octanol–water partition coefficient (Wildman–Crippen LogP) is 3.45. The Hall–Kier alpha value is -1.93. The molecule has 0 saturated carbocycles. The molecule has 4 nitrogen and oxygen atoms in total. The minimum atomic E-state index is -4.52. The second kappa shape index (κ2) is 8.25. The number of aromatic nitrogens is 1. The van der Waals surface area contributed by atoms with E-state index in [0.29, 0.717) is 19.4 Å². The van der Waals surface area contributed by atoms with Crippen LogP contribution in [0.3, 0.4) is 0 Å². The van der Waals surface area contributed by atoms with Gasteiger partial charge >= 0.3 is 6.18 Å². The summed E-state index contributed by atoms with van der Waals surface area (Å²) >= 11 is 1.56. The molecule has 2 N–H and O–H groups in total. The third-order valence-corrected chi connectivity index (χ3v) is 4.29. The highest BCUT2D eigenvalue weighted by Crippen LogP contribution is 2.27. The number of hydrogen-bond acceptors (Lipinski definition) is 4. The van der Waals surface area contributed by atoms with E-state index in [2.05, 4.69) is 10.3 Å². The van der Waals surface area contributed by atoms with Gasteiger partial charge in [0.05, 0.1) is 5.56 Å². The van der Waals surface area contributed by atoms with Crippen LogP contribution in [-0.4, -0.2) is 29.1 Å². The van der Waals surface area contributed by atoms with E-state index in [1.165, 1.54) is 0 Å². The Labute approximate surface area is 141 Å². The lowest BCUT2D eigenvalue weighted by atomic mass is 9.95. The molecule has 2 rings (SSSR count). The number of aliphatic hydroxyl groups excluding tert-OH is 1. The van der Waals surface area contributed by atoms with E-state index in [4.69, 9.17) is 5.11 Å². The molecule has 24 heavy (non-hydrogen) atoms. The first-order valence-corrected chi connectivity index (χ1v) is 8.30. The van der Waals surface area contributed by atoms with E-state index in [1.54, 1.807) is 11.3 Å². The smallest absolute Gasteiger partial charge is 0.396 e. The molecule has 0 aliphatic carbocycles. The quantitative estimate of drug-likeness (QED) is 0.797. The van der Waals surface area contributed by atoms with Crippen molar-refractivity contribution >= 4 is 17.2 Å². The van der Waals surface area contributed by atoms with Crippen LogP contribution in [0.5, 0.6) is 0 Å². The number of nitrogens with one attached hydrogen (secondary N) is 1. The molecule has 2 heterocycles. The van der Waals surface area contributed by atoms with Crippen molar-refractivity contribution in [2.45, 2.75) is 24.9 Å². The standard InChI is InChI=1S/C16H17F3N2O2S/c17-16(18,19)14-2-1-12(9-21-14)15(23)20-6-3-11(4-7-22)13-5-8-24-10-13/h1-2,5,8-11,22H,3-4,6-7H2,(H,20,23). The lowest BCUT2D eigenvalue weighted by Crippen LogP contribution is -2.26. The van der Waals surface area contributed by atoms with Gasteiger partial charge in [0.25, 0.3) is 5.91 Å². The molecule has 1 unspecified atom stereocenters. The Morgan fingerprint density at radius 3 is 2.62 bits per heavy atom. The number of carbonyl (C=O) groups is 1. The minimum Gasteiger partial charge on any atom is -0.396 e. The van der Waals surface area contributed by atoms with Gasteiger partial charge in [-0.15, -0.1) is 0 Å². The molecule has 0 saturated heterocycles. The van der Waals surface area contributed by atoms with Crippen molar-refractivity contribution in [3.8, 4) is 0 Å². The number of pyridine rings is 1. The van der Waals surface area contributed by atoms with Crippen LogP contribution in [0.25, 0.3) is 0 Å². The number of halogens is 3. The van der Waals surface area contributed by atoms with Crippen molar-refractivity contribution in [3.63, 3.8) is 0 Å². The van der Waals surface area contributed by atoms with Crippen LogP contribution >= 0.6 is 11.3 Å². The van der Waals surface area contributed by atoms with E-state index >= 15 is 0 Å². The average Bonchev–Trinajstić information content (AvgIpc) is 3.07. The van der Waals surface area contributed by atoms with Crippen molar-refractivity contribution in [1.29, 1.82) is 0 Å². The van der Waals surface area contributed by atoms with Crippen LogP contribution in [-0.2, 0) is 6.18 Å². The SMILES string of the molecule is O=C(NCCC(CCO)c1ccsc1)c1ccc(C(F)(F)F)nc1. The molecular weight excluding hydrogens is 341 g/mol. The highest BCUT2D eigenvalue weighted by atomic mass is 32.1. The van der Waals surface area contributed by atoms with Crippen molar-refractivity contribution in [2.24, 2.45) is 0 Å². The summed E-state index contributed by atoms with van der Waals surface area (Å²) in [6, 6.07) is 3.87. The van der Waals surface area contributed by atoms with Crippen LogP contribution < -0.4 is 5.32 Å². The summed E-state index contributed by atoms with van der Waals surface area (Å²) in [4.78, 5) is 15.2. The van der Waals surface area contributed by atoms with Crippen molar-refractivity contribution in [1.82, 2.24) is 10.3 Å². The Bertz CT molecular complexity index is 642. The summed E-state index contributed by atoms with van der Waals surface area (Å²) < 4.78 is 37.3. The van der Waals surface area contributed by atoms with Gasteiger partial charge in [-0.25, -0.2) is 0 Å². The first-order valence-electron chi connectivity index (χ1n) is 7.36. The van der Waals surface area contributed by atoms with E-state index in [-0.39, 0.29) is 18.1 Å². The number of carbonyl (C=O) groups excluding carboxylic acids is 1. The topological polar surface area (TPSA) is 62.2 Å². The molecule has 8 heteroatoms. The highest BCUT2D eigenvalue weighted by Gasteiger charge is 2.32. The second-order valence-corrected chi connectivity index (χ2v) is 6.02. The lowest BCUT2D eigenvalue weighted by Gasteiger charge is -2.15. The molecule has 0 spiro atoms. The fraction of sp³-hybridized carbons (Fsp3) is 0.375. The molecule has 0 aromatic carbocycles. The zero-order valence-electron chi connectivity index (χ0n) is 12.7. The van der Waals surface area contributed by atoms with Crippen LogP contribution in [0.1, 0.15) is 40.4 Å². The molecule has 1 amide bonds. The van der Waals surface area contributed by atoms with Crippen LogP contribution in [0.15, 0.2) is 35.2 Å². The number of amides is 1.